The molecule has 0 fully saturated rings. The lowest BCUT2D eigenvalue weighted by Gasteiger charge is -2.12. The number of pyridine rings is 2. The third kappa shape index (κ3) is 4.74. The Bertz CT molecular complexity index is 2880. The summed E-state index contributed by atoms with van der Waals surface area (Å²) in [7, 11) is 0. The molecular formula is C44H26N4S. The van der Waals surface area contributed by atoms with Crippen molar-refractivity contribution in [2.24, 2.45) is 0 Å². The number of nitrogens with zero attached hydrogens (tertiary/aromatic N) is 4. The summed E-state index contributed by atoms with van der Waals surface area (Å²) in [4.78, 5) is 20.7. The van der Waals surface area contributed by atoms with Gasteiger partial charge in [0.15, 0.2) is 5.82 Å². The first kappa shape index (κ1) is 27.8. The van der Waals surface area contributed by atoms with E-state index in [1.54, 1.807) is 11.3 Å². The minimum atomic E-state index is 0.706. The number of hydrogen-bond acceptors (Lipinski definition) is 5. The Morgan fingerprint density at radius 1 is 0.367 bits per heavy atom. The molecule has 0 unspecified atom stereocenters. The molecule has 4 nitrogen and oxygen atoms in total. The van der Waals surface area contributed by atoms with Crippen molar-refractivity contribution in [3.63, 3.8) is 0 Å². The highest BCUT2D eigenvalue weighted by atomic mass is 32.1. The molecule has 5 heteroatoms. The summed E-state index contributed by atoms with van der Waals surface area (Å²) in [6.07, 6.45) is 0. The van der Waals surface area contributed by atoms with Crippen LogP contribution in [0.15, 0.2) is 158 Å². The second-order valence-corrected chi connectivity index (χ2v) is 13.4. The topological polar surface area (TPSA) is 51.6 Å². The SMILES string of the molecule is c1ccc(-c2ccc3ccc4ccc(-c5ccc6c(-c7ccccc7)nc(-c7ccc8c(c7)sc7ccccc78)nc6c5)nc4c3n2)cc1. The van der Waals surface area contributed by atoms with Crippen molar-refractivity contribution in [3.05, 3.63) is 158 Å². The number of thiophene rings is 1. The van der Waals surface area contributed by atoms with E-state index >= 15 is 0 Å². The molecule has 0 aliphatic carbocycles. The molecule has 0 radical (unpaired) electrons. The predicted molar refractivity (Wildman–Crippen MR) is 205 cm³/mol. The Morgan fingerprint density at radius 3 is 1.71 bits per heavy atom. The van der Waals surface area contributed by atoms with Crippen LogP contribution in [-0.2, 0) is 0 Å². The summed E-state index contributed by atoms with van der Waals surface area (Å²) in [5, 5.41) is 5.67. The van der Waals surface area contributed by atoms with Crippen LogP contribution in [0.25, 0.3) is 98.0 Å². The molecule has 228 valence electrons. The number of benzene rings is 6. The lowest BCUT2D eigenvalue weighted by molar-refractivity contribution is 1.23. The zero-order valence-electron chi connectivity index (χ0n) is 26.2. The molecule has 0 atom stereocenters. The molecule has 0 spiro atoms. The van der Waals surface area contributed by atoms with Crippen LogP contribution >= 0.6 is 11.3 Å². The Labute approximate surface area is 286 Å². The van der Waals surface area contributed by atoms with E-state index in [1.165, 1.54) is 20.2 Å². The monoisotopic (exact) mass is 642 g/mol. The van der Waals surface area contributed by atoms with Gasteiger partial charge in [0, 0.05) is 58.6 Å². The second kappa shape index (κ2) is 11.2. The van der Waals surface area contributed by atoms with Crippen LogP contribution in [0.2, 0.25) is 0 Å². The van der Waals surface area contributed by atoms with Crippen LogP contribution in [0.4, 0.5) is 0 Å². The van der Waals surface area contributed by atoms with Crippen LogP contribution < -0.4 is 0 Å². The molecule has 0 aliphatic heterocycles. The Kier molecular flexibility index (Phi) is 6.32. The standard InChI is InChI=1S/C44H26N4S/c1-3-9-27(10-4-1)36-23-19-29-15-16-30-20-24-37(46-43(30)42(29)45-36)31-17-22-35-38(25-31)47-44(48-41(35)28-11-5-2-6-12-28)32-18-21-34-33-13-7-8-14-39(33)49-40(34)26-32/h1-26H. The van der Waals surface area contributed by atoms with E-state index in [1.807, 2.05) is 24.3 Å². The van der Waals surface area contributed by atoms with Gasteiger partial charge in [-0.05, 0) is 36.4 Å². The minimum Gasteiger partial charge on any atom is -0.245 e. The van der Waals surface area contributed by atoms with E-state index < -0.39 is 0 Å². The zero-order valence-corrected chi connectivity index (χ0v) is 27.0. The fourth-order valence-corrected chi connectivity index (χ4v) is 7.94. The molecule has 0 saturated carbocycles. The van der Waals surface area contributed by atoms with Gasteiger partial charge in [-0.2, -0.15) is 0 Å². The van der Waals surface area contributed by atoms with E-state index in [4.69, 9.17) is 19.9 Å². The van der Waals surface area contributed by atoms with E-state index in [2.05, 4.69) is 133 Å². The fourth-order valence-electron chi connectivity index (χ4n) is 6.80. The van der Waals surface area contributed by atoms with Gasteiger partial charge in [-0.25, -0.2) is 19.9 Å². The molecule has 49 heavy (non-hydrogen) atoms. The molecule has 4 heterocycles. The molecule has 6 aromatic carbocycles. The maximum Gasteiger partial charge on any atom is 0.160 e. The van der Waals surface area contributed by atoms with Gasteiger partial charge in [-0.1, -0.05) is 121 Å². The molecule has 10 aromatic rings. The lowest BCUT2D eigenvalue weighted by Crippen LogP contribution is -1.96. The normalized spacial score (nSPS) is 11.7. The molecular weight excluding hydrogens is 617 g/mol. The summed E-state index contributed by atoms with van der Waals surface area (Å²) < 4.78 is 2.51. The maximum atomic E-state index is 5.23. The summed E-state index contributed by atoms with van der Waals surface area (Å²) in [6.45, 7) is 0. The van der Waals surface area contributed by atoms with Gasteiger partial charge < -0.3 is 0 Å². The minimum absolute atomic E-state index is 0.706. The molecule has 0 saturated heterocycles. The summed E-state index contributed by atoms with van der Waals surface area (Å²) in [5.41, 5.74) is 9.53. The highest BCUT2D eigenvalue weighted by Gasteiger charge is 2.15. The van der Waals surface area contributed by atoms with Crippen molar-refractivity contribution in [2.75, 3.05) is 0 Å². The van der Waals surface area contributed by atoms with Crippen LogP contribution in [-0.4, -0.2) is 19.9 Å². The predicted octanol–water partition coefficient (Wildman–Crippen LogP) is 11.8. The van der Waals surface area contributed by atoms with Gasteiger partial charge in [0.05, 0.1) is 33.6 Å². The summed E-state index contributed by atoms with van der Waals surface area (Å²) in [6, 6.07) is 54.9. The maximum absolute atomic E-state index is 5.23. The zero-order chi connectivity index (χ0) is 32.3. The van der Waals surface area contributed by atoms with Crippen molar-refractivity contribution in [1.82, 2.24) is 19.9 Å². The van der Waals surface area contributed by atoms with E-state index in [9.17, 15) is 0 Å². The average molecular weight is 643 g/mol. The molecule has 0 amide bonds. The average Bonchev–Trinajstić information content (AvgIpc) is 3.55. The van der Waals surface area contributed by atoms with Crippen molar-refractivity contribution in [2.45, 2.75) is 0 Å². The molecule has 0 N–H and O–H groups in total. The van der Waals surface area contributed by atoms with Crippen LogP contribution in [0.5, 0.6) is 0 Å². The highest BCUT2D eigenvalue weighted by molar-refractivity contribution is 7.25. The molecule has 4 aromatic heterocycles. The van der Waals surface area contributed by atoms with Gasteiger partial charge >= 0.3 is 0 Å². The van der Waals surface area contributed by atoms with Crippen LogP contribution in [0.3, 0.4) is 0 Å². The smallest absolute Gasteiger partial charge is 0.160 e. The Morgan fingerprint density at radius 2 is 0.959 bits per heavy atom. The number of aromatic nitrogens is 4. The number of rotatable bonds is 4. The highest BCUT2D eigenvalue weighted by Crippen LogP contribution is 2.37. The summed E-state index contributed by atoms with van der Waals surface area (Å²) in [5.74, 6) is 0.706. The number of fused-ring (bicyclic) bond motifs is 7. The largest absolute Gasteiger partial charge is 0.245 e. The summed E-state index contributed by atoms with van der Waals surface area (Å²) >= 11 is 1.81. The first-order valence-corrected chi connectivity index (χ1v) is 17.1. The number of hydrogen-bond donors (Lipinski definition) is 0. The van der Waals surface area contributed by atoms with Gasteiger partial charge in [-0.3, -0.25) is 0 Å². The molecule has 10 rings (SSSR count). The Hall–Kier alpha value is -6.30. The van der Waals surface area contributed by atoms with Crippen LogP contribution in [0, 0.1) is 0 Å². The van der Waals surface area contributed by atoms with Crippen molar-refractivity contribution >= 4 is 64.2 Å². The Balaban J connectivity index is 1.14. The second-order valence-electron chi connectivity index (χ2n) is 12.3. The quantitative estimate of drug-likeness (QED) is 0.179. The van der Waals surface area contributed by atoms with Gasteiger partial charge in [0.2, 0.25) is 0 Å². The molecule has 0 bridgehead atoms. The van der Waals surface area contributed by atoms with Crippen molar-refractivity contribution in [3.8, 4) is 45.2 Å². The van der Waals surface area contributed by atoms with Crippen LogP contribution in [0.1, 0.15) is 0 Å². The van der Waals surface area contributed by atoms with Gasteiger partial charge in [-0.15, -0.1) is 11.3 Å². The van der Waals surface area contributed by atoms with Gasteiger partial charge in [0.1, 0.15) is 0 Å². The third-order valence-electron chi connectivity index (χ3n) is 9.27. The first-order valence-electron chi connectivity index (χ1n) is 16.3. The van der Waals surface area contributed by atoms with Crippen molar-refractivity contribution < 1.29 is 0 Å². The first-order chi connectivity index (χ1) is 24.2. The fraction of sp³-hybridized carbons (Fsp3) is 0. The molecule has 0 aliphatic rings. The van der Waals surface area contributed by atoms with E-state index in [0.29, 0.717) is 5.82 Å². The van der Waals surface area contributed by atoms with Crippen molar-refractivity contribution in [1.29, 1.82) is 0 Å². The van der Waals surface area contributed by atoms with E-state index in [-0.39, 0.29) is 0 Å². The lowest BCUT2D eigenvalue weighted by atomic mass is 10.0. The third-order valence-corrected chi connectivity index (χ3v) is 10.4. The van der Waals surface area contributed by atoms with Gasteiger partial charge in [0.25, 0.3) is 0 Å². The van der Waals surface area contributed by atoms with E-state index in [0.717, 1.165) is 72.0 Å².